The van der Waals surface area contributed by atoms with E-state index in [1.807, 2.05) is 66.7 Å². The Hall–Kier alpha value is -4.68. The maximum absolute atomic E-state index is 9.81. The molecule has 0 atom stereocenters. The van der Waals surface area contributed by atoms with Crippen LogP contribution in [0.3, 0.4) is 0 Å². The highest BCUT2D eigenvalue weighted by Crippen LogP contribution is 2.34. The van der Waals surface area contributed by atoms with E-state index in [-0.39, 0.29) is 0 Å². The van der Waals surface area contributed by atoms with Crippen LogP contribution >= 0.6 is 15.9 Å². The molecule has 194 valence electrons. The molecule has 0 spiro atoms. The highest BCUT2D eigenvalue weighted by atomic mass is 79.9. The van der Waals surface area contributed by atoms with E-state index < -0.39 is 0 Å². The monoisotopic (exact) mass is 580 g/mol. The van der Waals surface area contributed by atoms with Crippen molar-refractivity contribution in [3.63, 3.8) is 0 Å². The van der Waals surface area contributed by atoms with Gasteiger partial charge in [-0.3, -0.25) is 0 Å². The smallest absolute Gasteiger partial charge is 0.200 e. The largest absolute Gasteiger partial charge is 0.497 e. The number of nitriles is 1. The van der Waals surface area contributed by atoms with E-state index >= 15 is 0 Å². The summed E-state index contributed by atoms with van der Waals surface area (Å²) in [7, 11) is 3.30. The van der Waals surface area contributed by atoms with Gasteiger partial charge in [-0.05, 0) is 63.5 Å². The molecule has 2 heterocycles. The number of nitrogens with zero attached hydrogens (tertiary/aromatic N) is 6. The minimum Gasteiger partial charge on any atom is -0.497 e. The summed E-state index contributed by atoms with van der Waals surface area (Å²) < 4.78 is 13.0. The maximum Gasteiger partial charge on any atom is 0.200 e. The minimum atomic E-state index is 0.471. The Kier molecular flexibility index (Phi) is 7.57. The van der Waals surface area contributed by atoms with Gasteiger partial charge in [0.05, 0.1) is 25.9 Å². The molecule has 0 aliphatic carbocycles. The molecule has 39 heavy (non-hydrogen) atoms. The highest BCUT2D eigenvalue weighted by molar-refractivity contribution is 9.10. The van der Waals surface area contributed by atoms with Gasteiger partial charge < -0.3 is 14.4 Å². The number of rotatable bonds is 9. The van der Waals surface area contributed by atoms with Crippen molar-refractivity contribution in [2.75, 3.05) is 19.1 Å². The summed E-state index contributed by atoms with van der Waals surface area (Å²) in [5, 5.41) is 14.4. The zero-order valence-electron chi connectivity index (χ0n) is 21.5. The van der Waals surface area contributed by atoms with Crippen LogP contribution in [0.4, 0.5) is 5.82 Å². The van der Waals surface area contributed by atoms with E-state index in [4.69, 9.17) is 19.4 Å². The lowest BCUT2D eigenvalue weighted by atomic mass is 10.1. The summed E-state index contributed by atoms with van der Waals surface area (Å²) in [5.41, 5.74) is 4.49. The molecule has 0 aliphatic heterocycles. The molecule has 8 nitrogen and oxygen atoms in total. The first-order chi connectivity index (χ1) is 19.0. The first kappa shape index (κ1) is 25.9. The van der Waals surface area contributed by atoms with E-state index in [0.29, 0.717) is 51.8 Å². The third-order valence-electron chi connectivity index (χ3n) is 6.27. The number of halogens is 1. The molecule has 0 bridgehead atoms. The fourth-order valence-electron chi connectivity index (χ4n) is 4.28. The molecule has 2 aromatic heterocycles. The van der Waals surface area contributed by atoms with Crippen molar-refractivity contribution in [2.24, 2.45) is 0 Å². The summed E-state index contributed by atoms with van der Waals surface area (Å²) in [5.74, 6) is 2.66. The molecular weight excluding hydrogens is 556 g/mol. The van der Waals surface area contributed by atoms with Crippen molar-refractivity contribution in [1.82, 2.24) is 19.6 Å². The van der Waals surface area contributed by atoms with Crippen LogP contribution in [0, 0.1) is 11.3 Å². The fourth-order valence-corrected chi connectivity index (χ4v) is 4.83. The van der Waals surface area contributed by atoms with Crippen LogP contribution in [0.25, 0.3) is 23.0 Å². The average molecular weight is 581 g/mol. The number of benzene rings is 3. The van der Waals surface area contributed by atoms with E-state index in [9.17, 15) is 5.26 Å². The molecule has 0 fully saturated rings. The molecule has 0 amide bonds. The minimum absolute atomic E-state index is 0.471. The first-order valence-electron chi connectivity index (χ1n) is 12.1. The molecule has 5 rings (SSSR count). The van der Waals surface area contributed by atoms with Crippen LogP contribution in [0.1, 0.15) is 22.5 Å². The molecule has 3 aromatic carbocycles. The van der Waals surface area contributed by atoms with Crippen LogP contribution in [0.15, 0.2) is 84.0 Å². The van der Waals surface area contributed by atoms with Gasteiger partial charge in [0.2, 0.25) is 0 Å². The first-order valence-corrected chi connectivity index (χ1v) is 12.9. The number of fused-ring (bicyclic) bond motifs is 1. The quantitative estimate of drug-likeness (QED) is 0.202. The van der Waals surface area contributed by atoms with Crippen LogP contribution in [-0.4, -0.2) is 33.8 Å². The molecule has 0 unspecified atom stereocenters. The lowest BCUT2D eigenvalue weighted by molar-refractivity contribution is 0.414. The summed E-state index contributed by atoms with van der Waals surface area (Å²) in [6, 6.07) is 25.5. The Morgan fingerprint density at radius 3 is 2.05 bits per heavy atom. The van der Waals surface area contributed by atoms with Crippen molar-refractivity contribution in [3.05, 3.63) is 106 Å². The summed E-state index contributed by atoms with van der Waals surface area (Å²) in [6.07, 6.45) is 1.60. The molecular formula is C30H25BrN6O2. The number of hydrogen-bond donors (Lipinski definition) is 0. The molecule has 0 radical (unpaired) electrons. The number of aromatic nitrogens is 4. The second kappa shape index (κ2) is 11.4. The predicted octanol–water partition coefficient (Wildman–Crippen LogP) is 6.29. The summed E-state index contributed by atoms with van der Waals surface area (Å²) in [4.78, 5) is 12.0. The van der Waals surface area contributed by atoms with Crippen LogP contribution in [-0.2, 0) is 13.1 Å². The Morgan fingerprint density at radius 2 is 1.51 bits per heavy atom. The van der Waals surface area contributed by atoms with Crippen LogP contribution < -0.4 is 14.4 Å². The van der Waals surface area contributed by atoms with Gasteiger partial charge in [-0.2, -0.15) is 5.26 Å². The van der Waals surface area contributed by atoms with Gasteiger partial charge in [0.1, 0.15) is 21.8 Å². The predicted molar refractivity (Wildman–Crippen MR) is 155 cm³/mol. The van der Waals surface area contributed by atoms with Crippen molar-refractivity contribution in [2.45, 2.75) is 13.1 Å². The second-order valence-corrected chi connectivity index (χ2v) is 9.45. The number of ether oxygens (including phenoxy) is 2. The van der Waals surface area contributed by atoms with Crippen molar-refractivity contribution in [3.8, 4) is 28.8 Å². The Balaban J connectivity index is 1.70. The van der Waals surface area contributed by atoms with Crippen molar-refractivity contribution >= 4 is 33.5 Å². The van der Waals surface area contributed by atoms with Crippen LogP contribution in [0.2, 0.25) is 0 Å². The van der Waals surface area contributed by atoms with E-state index in [0.717, 1.165) is 22.6 Å². The van der Waals surface area contributed by atoms with Gasteiger partial charge in [-0.25, -0.2) is 14.5 Å². The molecule has 0 aliphatic rings. The van der Waals surface area contributed by atoms with E-state index in [1.165, 1.54) is 0 Å². The van der Waals surface area contributed by atoms with Crippen molar-refractivity contribution < 1.29 is 9.47 Å². The highest BCUT2D eigenvalue weighted by Gasteiger charge is 2.23. The van der Waals surface area contributed by atoms with Gasteiger partial charge in [0.15, 0.2) is 17.3 Å². The maximum atomic E-state index is 9.81. The van der Waals surface area contributed by atoms with Crippen molar-refractivity contribution in [1.29, 1.82) is 5.26 Å². The summed E-state index contributed by atoms with van der Waals surface area (Å²) in [6.45, 7) is 4.93. The molecule has 0 saturated heterocycles. The van der Waals surface area contributed by atoms with E-state index in [2.05, 4.69) is 38.6 Å². The normalized spacial score (nSPS) is 10.7. The second-order valence-electron chi connectivity index (χ2n) is 8.69. The Bertz CT molecular complexity index is 1620. The zero-order valence-corrected chi connectivity index (χ0v) is 23.1. The van der Waals surface area contributed by atoms with Gasteiger partial charge in [-0.15, -0.1) is 5.10 Å². The Morgan fingerprint density at radius 1 is 0.923 bits per heavy atom. The number of anilines is 1. The average Bonchev–Trinajstić information content (AvgIpc) is 3.43. The molecule has 0 saturated carbocycles. The Labute approximate surface area is 234 Å². The molecule has 9 heteroatoms. The topological polar surface area (TPSA) is 88.6 Å². The SMILES string of the molecule is C=Cc1nc2c(N(Cc3ccc(OC)cc3)Cc3ccc(OC)cc3)nc(-c3ccccc3C#N)c(Br)n2n1. The van der Waals surface area contributed by atoms with Crippen LogP contribution in [0.5, 0.6) is 11.5 Å². The zero-order chi connectivity index (χ0) is 27.4. The van der Waals surface area contributed by atoms with Gasteiger partial charge >= 0.3 is 0 Å². The molecule has 0 N–H and O–H groups in total. The fraction of sp³-hybridized carbons (Fsp3) is 0.133. The van der Waals surface area contributed by atoms with Gasteiger partial charge in [0.25, 0.3) is 0 Å². The third-order valence-corrected chi connectivity index (χ3v) is 6.98. The van der Waals surface area contributed by atoms with Gasteiger partial charge in [-0.1, -0.05) is 49.0 Å². The molecule has 5 aromatic rings. The number of methoxy groups -OCH3 is 2. The summed E-state index contributed by atoms with van der Waals surface area (Å²) >= 11 is 3.68. The standard InChI is InChI=1S/C30H25BrN6O2/c1-4-26-33-30-29(34-27(28(31)37(30)35-26)25-8-6-5-7-22(25)17-32)36(18-20-9-13-23(38-2)14-10-20)19-21-11-15-24(39-3)16-12-21/h4-16H,1,18-19H2,2-3H3. The lowest BCUT2D eigenvalue weighted by Gasteiger charge is -2.25. The lowest BCUT2D eigenvalue weighted by Crippen LogP contribution is -2.24. The number of hydrogen-bond acceptors (Lipinski definition) is 7. The van der Waals surface area contributed by atoms with E-state index in [1.54, 1.807) is 30.9 Å². The third kappa shape index (κ3) is 5.33. The van der Waals surface area contributed by atoms with Gasteiger partial charge in [0, 0.05) is 18.7 Å².